The van der Waals surface area contributed by atoms with E-state index in [-0.39, 0.29) is 17.0 Å². The van der Waals surface area contributed by atoms with E-state index in [9.17, 15) is 14.0 Å². The van der Waals surface area contributed by atoms with Crippen molar-refractivity contribution < 1.29 is 18.3 Å². The second-order valence-corrected chi connectivity index (χ2v) is 5.07. The van der Waals surface area contributed by atoms with Crippen LogP contribution in [0.2, 0.25) is 0 Å². The fourth-order valence-electron chi connectivity index (χ4n) is 1.81. The summed E-state index contributed by atoms with van der Waals surface area (Å²) in [4.78, 5) is 26.9. The second kappa shape index (κ2) is 5.10. The molecule has 0 fully saturated rings. The quantitative estimate of drug-likeness (QED) is 0.538. The summed E-state index contributed by atoms with van der Waals surface area (Å²) in [6, 6.07) is 5.50. The Labute approximate surface area is 121 Å². The number of halogens is 1. The zero-order valence-electron chi connectivity index (χ0n) is 10.8. The predicted molar refractivity (Wildman–Crippen MR) is 74.9 cm³/mol. The number of carbonyl (C=O) groups is 1. The normalized spacial score (nSPS) is 10.8. The Bertz CT molecular complexity index is 899. The van der Waals surface area contributed by atoms with E-state index in [0.717, 1.165) is 17.4 Å². The minimum absolute atomic E-state index is 0.126. The van der Waals surface area contributed by atoms with E-state index in [1.165, 1.54) is 24.4 Å². The average molecular weight is 305 g/mol. The lowest BCUT2D eigenvalue weighted by Crippen LogP contribution is -2.04. The molecule has 0 aliphatic rings. The fraction of sp³-hybridized carbons (Fsp3) is 0.0714. The van der Waals surface area contributed by atoms with Crippen LogP contribution >= 0.6 is 11.3 Å². The third kappa shape index (κ3) is 2.68. The summed E-state index contributed by atoms with van der Waals surface area (Å²) in [5.41, 5.74) is -0.227. The number of rotatable bonds is 2. The van der Waals surface area contributed by atoms with Crippen LogP contribution in [0, 0.1) is 5.82 Å². The minimum atomic E-state index is -0.628. The number of hydrogen-bond donors (Lipinski definition) is 0. The summed E-state index contributed by atoms with van der Waals surface area (Å²) < 4.78 is 23.0. The zero-order valence-corrected chi connectivity index (χ0v) is 11.6. The Morgan fingerprint density at radius 1 is 1.38 bits per heavy atom. The molecule has 0 bridgehead atoms. The highest BCUT2D eigenvalue weighted by atomic mass is 32.1. The lowest BCUT2D eigenvalue weighted by Gasteiger charge is -1.99. The van der Waals surface area contributed by atoms with Crippen LogP contribution in [0.15, 0.2) is 38.9 Å². The molecule has 0 amide bonds. The standard InChI is InChI=1S/C14H8FNO4S/c1-7(17)19-12-6-21-13(16-12)10-4-8-2-3-9(15)5-11(8)20-14(10)18/h2-6H,1H3. The largest absolute Gasteiger partial charge is 0.422 e. The van der Waals surface area contributed by atoms with E-state index in [4.69, 9.17) is 9.15 Å². The van der Waals surface area contributed by atoms with Gasteiger partial charge in [-0.2, -0.15) is 0 Å². The van der Waals surface area contributed by atoms with Crippen LogP contribution in [0.4, 0.5) is 4.39 Å². The number of fused-ring (bicyclic) bond motifs is 1. The summed E-state index contributed by atoms with van der Waals surface area (Å²) in [5.74, 6) is -0.848. The van der Waals surface area contributed by atoms with Gasteiger partial charge in [-0.3, -0.25) is 4.79 Å². The molecule has 0 saturated heterocycles. The molecule has 2 heterocycles. The van der Waals surface area contributed by atoms with E-state index >= 15 is 0 Å². The third-order valence-corrected chi connectivity index (χ3v) is 3.51. The molecule has 7 heteroatoms. The molecule has 1 aromatic carbocycles. The molecule has 0 N–H and O–H groups in total. The van der Waals surface area contributed by atoms with Gasteiger partial charge in [-0.15, -0.1) is 11.3 Å². The van der Waals surface area contributed by atoms with Gasteiger partial charge in [0.2, 0.25) is 5.88 Å². The van der Waals surface area contributed by atoms with Crippen molar-refractivity contribution in [2.45, 2.75) is 6.92 Å². The summed E-state index contributed by atoms with van der Waals surface area (Å²) in [7, 11) is 0. The van der Waals surface area contributed by atoms with Crippen molar-refractivity contribution in [2.24, 2.45) is 0 Å². The summed E-state index contributed by atoms with van der Waals surface area (Å²) in [6.45, 7) is 1.26. The molecule has 5 nitrogen and oxygen atoms in total. The molecule has 3 rings (SSSR count). The molecule has 0 unspecified atom stereocenters. The van der Waals surface area contributed by atoms with Gasteiger partial charge in [-0.1, -0.05) is 0 Å². The van der Waals surface area contributed by atoms with Crippen molar-refractivity contribution in [3.05, 3.63) is 45.9 Å². The maximum absolute atomic E-state index is 13.1. The summed E-state index contributed by atoms with van der Waals surface area (Å²) in [5, 5.41) is 2.46. The van der Waals surface area contributed by atoms with E-state index in [1.807, 2.05) is 0 Å². The van der Waals surface area contributed by atoms with Gasteiger partial charge in [0.15, 0.2) is 0 Å². The second-order valence-electron chi connectivity index (χ2n) is 4.21. The molecule has 0 aliphatic carbocycles. The number of hydrogen-bond acceptors (Lipinski definition) is 6. The monoisotopic (exact) mass is 305 g/mol. The van der Waals surface area contributed by atoms with Crippen LogP contribution in [0.3, 0.4) is 0 Å². The lowest BCUT2D eigenvalue weighted by atomic mass is 10.2. The molecule has 0 aliphatic heterocycles. The van der Waals surface area contributed by atoms with Crippen molar-refractivity contribution in [1.29, 1.82) is 0 Å². The van der Waals surface area contributed by atoms with E-state index < -0.39 is 17.4 Å². The van der Waals surface area contributed by atoms with Gasteiger partial charge in [-0.05, 0) is 18.2 Å². The van der Waals surface area contributed by atoms with Gasteiger partial charge in [0.25, 0.3) is 0 Å². The first kappa shape index (κ1) is 13.4. The van der Waals surface area contributed by atoms with Crippen molar-refractivity contribution in [1.82, 2.24) is 4.98 Å². The van der Waals surface area contributed by atoms with Gasteiger partial charge < -0.3 is 9.15 Å². The molecule has 0 saturated carbocycles. The minimum Gasteiger partial charge on any atom is -0.422 e. The first-order valence-electron chi connectivity index (χ1n) is 5.90. The highest BCUT2D eigenvalue weighted by Gasteiger charge is 2.13. The van der Waals surface area contributed by atoms with Gasteiger partial charge in [-0.25, -0.2) is 14.2 Å². The average Bonchev–Trinajstić information content (AvgIpc) is 2.85. The molecule has 0 radical (unpaired) electrons. The molecular formula is C14H8FNO4S. The number of nitrogens with zero attached hydrogens (tertiary/aromatic N) is 1. The number of benzene rings is 1. The van der Waals surface area contributed by atoms with Crippen LogP contribution in [-0.2, 0) is 4.79 Å². The number of carbonyl (C=O) groups excluding carboxylic acids is 1. The van der Waals surface area contributed by atoms with Crippen LogP contribution in [0.1, 0.15) is 6.92 Å². The fourth-order valence-corrected chi connectivity index (χ4v) is 2.54. The maximum atomic E-state index is 13.1. The zero-order chi connectivity index (χ0) is 15.0. The summed E-state index contributed by atoms with van der Waals surface area (Å²) in [6.07, 6.45) is 0. The number of esters is 1. The molecule has 3 aromatic rings. The summed E-state index contributed by atoms with van der Waals surface area (Å²) >= 11 is 1.15. The predicted octanol–water partition coefficient (Wildman–Crippen LogP) is 2.98. The highest BCUT2D eigenvalue weighted by molar-refractivity contribution is 7.13. The molecular weight excluding hydrogens is 297 g/mol. The van der Waals surface area contributed by atoms with Gasteiger partial charge >= 0.3 is 11.6 Å². The molecule has 2 aromatic heterocycles. The molecule has 21 heavy (non-hydrogen) atoms. The number of aromatic nitrogens is 1. The smallest absolute Gasteiger partial charge is 0.346 e. The van der Waals surface area contributed by atoms with Crippen LogP contribution in [0.25, 0.3) is 21.5 Å². The number of thiazole rings is 1. The van der Waals surface area contributed by atoms with Crippen molar-refractivity contribution >= 4 is 28.3 Å². The van der Waals surface area contributed by atoms with Crippen LogP contribution in [-0.4, -0.2) is 11.0 Å². The van der Waals surface area contributed by atoms with Crippen molar-refractivity contribution in [3.8, 4) is 16.5 Å². The van der Waals surface area contributed by atoms with Crippen molar-refractivity contribution in [3.63, 3.8) is 0 Å². The topological polar surface area (TPSA) is 69.4 Å². The Morgan fingerprint density at radius 2 is 2.19 bits per heavy atom. The molecule has 106 valence electrons. The SMILES string of the molecule is CC(=O)Oc1csc(-c2cc3ccc(F)cc3oc2=O)n1. The van der Waals surface area contributed by atoms with Crippen LogP contribution < -0.4 is 10.4 Å². The first-order chi connectivity index (χ1) is 10.0. The Balaban J connectivity index is 2.09. The van der Waals surface area contributed by atoms with E-state index in [0.29, 0.717) is 10.4 Å². The van der Waals surface area contributed by atoms with Gasteiger partial charge in [0, 0.05) is 18.4 Å². The van der Waals surface area contributed by atoms with Gasteiger partial charge in [0.1, 0.15) is 16.4 Å². The highest BCUT2D eigenvalue weighted by Crippen LogP contribution is 2.27. The van der Waals surface area contributed by atoms with Crippen LogP contribution in [0.5, 0.6) is 5.88 Å². The Kier molecular flexibility index (Phi) is 3.26. The lowest BCUT2D eigenvalue weighted by molar-refractivity contribution is -0.132. The van der Waals surface area contributed by atoms with E-state index in [2.05, 4.69) is 4.98 Å². The number of ether oxygens (including phenoxy) is 1. The molecule has 0 spiro atoms. The van der Waals surface area contributed by atoms with Crippen molar-refractivity contribution in [2.75, 3.05) is 0 Å². The Morgan fingerprint density at radius 3 is 2.95 bits per heavy atom. The Hall–Kier alpha value is -2.54. The third-order valence-electron chi connectivity index (χ3n) is 2.66. The van der Waals surface area contributed by atoms with E-state index in [1.54, 1.807) is 6.07 Å². The van der Waals surface area contributed by atoms with Gasteiger partial charge in [0.05, 0.1) is 10.9 Å². The first-order valence-corrected chi connectivity index (χ1v) is 6.78. The maximum Gasteiger partial charge on any atom is 0.346 e. The molecule has 0 atom stereocenters.